The fourth-order valence-corrected chi connectivity index (χ4v) is 17.2. The fraction of sp³-hybridized carbons (Fsp3) is 0.410. The smallest absolute Gasteiger partial charge is 0.0193 e. The maximum atomic E-state index is 2.56. The Labute approximate surface area is 387 Å². The first-order chi connectivity index (χ1) is 29.5. The molecule has 0 heterocycles. The third kappa shape index (κ3) is 10.5. The normalized spacial score (nSPS) is 14.2. The molecule has 0 N–H and O–H groups in total. The van der Waals surface area contributed by atoms with Crippen molar-refractivity contribution in [1.29, 1.82) is 0 Å². The third-order valence-electron chi connectivity index (χ3n) is 13.7. The second-order valence-corrected chi connectivity index (χ2v) is 27.4. The zero-order valence-corrected chi connectivity index (χ0v) is 43.5. The van der Waals surface area contributed by atoms with Crippen LogP contribution in [0.1, 0.15) is 155 Å². The molecule has 0 amide bonds. The molecule has 63 heavy (non-hydrogen) atoms. The van der Waals surface area contributed by atoms with E-state index in [1.807, 2.05) is 0 Å². The van der Waals surface area contributed by atoms with E-state index in [9.17, 15) is 0 Å². The Morgan fingerprint density at radius 1 is 0.286 bits per heavy atom. The van der Waals surface area contributed by atoms with E-state index in [-0.39, 0.29) is 38.4 Å². The van der Waals surface area contributed by atoms with Gasteiger partial charge >= 0.3 is 0 Å². The zero-order chi connectivity index (χ0) is 46.1. The quantitative estimate of drug-likeness (QED) is 0.108. The second-order valence-electron chi connectivity index (χ2n) is 22.9. The van der Waals surface area contributed by atoms with Crippen molar-refractivity contribution in [3.8, 4) is 0 Å². The number of rotatable bonds is 12. The Bertz CT molecular complexity index is 2050. The summed E-state index contributed by atoms with van der Waals surface area (Å²) in [6.07, 6.45) is 0. The standard InChI is InChI=1S/C61H78P2/c1-43(2)61(44(3)4,55(45-23-19-17-20-24-45)62(51-35-27-47(28-36-51)57(5,6)7)52-37-29-48(30-38-52)58(8,9)10)56(46-25-21-18-22-26-46)63(53-39-31-49(32-40-53)59(11,12)13)54-41-33-50(34-42-54)60(14,15)16/h17-44,55-56H,1-16H3. The lowest BCUT2D eigenvalue weighted by molar-refractivity contribution is 0.0988. The van der Waals surface area contributed by atoms with Gasteiger partial charge in [-0.25, -0.2) is 0 Å². The molecule has 0 aliphatic carbocycles. The highest BCUT2D eigenvalue weighted by atomic mass is 31.1. The molecule has 0 spiro atoms. The lowest BCUT2D eigenvalue weighted by atomic mass is 9.61. The van der Waals surface area contributed by atoms with Crippen molar-refractivity contribution in [2.45, 2.75) is 144 Å². The minimum Gasteiger partial charge on any atom is -0.0622 e. The van der Waals surface area contributed by atoms with Crippen LogP contribution in [0.3, 0.4) is 0 Å². The van der Waals surface area contributed by atoms with Crippen molar-refractivity contribution < 1.29 is 0 Å². The number of benzene rings is 6. The van der Waals surface area contributed by atoms with Gasteiger partial charge in [-0.3, -0.25) is 0 Å². The topological polar surface area (TPSA) is 0 Å². The predicted molar refractivity (Wildman–Crippen MR) is 283 cm³/mol. The van der Waals surface area contributed by atoms with Gasteiger partial charge in [-0.05, 0) is 109 Å². The molecule has 2 heteroatoms. The number of hydrogen-bond acceptors (Lipinski definition) is 0. The zero-order valence-electron chi connectivity index (χ0n) is 41.7. The van der Waals surface area contributed by atoms with Crippen molar-refractivity contribution >= 4 is 37.1 Å². The van der Waals surface area contributed by atoms with Crippen LogP contribution in [0.2, 0.25) is 0 Å². The highest BCUT2D eigenvalue weighted by molar-refractivity contribution is 7.74. The van der Waals surface area contributed by atoms with E-state index in [1.54, 1.807) is 0 Å². The fourth-order valence-electron chi connectivity index (χ4n) is 10.1. The van der Waals surface area contributed by atoms with Gasteiger partial charge in [-0.1, -0.05) is 269 Å². The molecule has 2 atom stereocenters. The molecule has 2 unspecified atom stereocenters. The molecule has 6 aromatic carbocycles. The average molecular weight is 873 g/mol. The second kappa shape index (κ2) is 19.0. The average Bonchev–Trinajstić information content (AvgIpc) is 3.23. The Morgan fingerprint density at radius 2 is 0.492 bits per heavy atom. The first-order valence-electron chi connectivity index (χ1n) is 23.6. The molecule has 6 rings (SSSR count). The Hall–Kier alpha value is -3.82. The largest absolute Gasteiger partial charge is 0.0622 e. The van der Waals surface area contributed by atoms with E-state index in [2.05, 4.69) is 269 Å². The van der Waals surface area contributed by atoms with E-state index in [0.717, 1.165) is 0 Å². The van der Waals surface area contributed by atoms with Gasteiger partial charge in [-0.15, -0.1) is 0 Å². The molecule has 0 aromatic heterocycles. The highest BCUT2D eigenvalue weighted by Gasteiger charge is 2.56. The van der Waals surface area contributed by atoms with E-state index < -0.39 is 15.8 Å². The minimum absolute atomic E-state index is 0.0629. The Morgan fingerprint density at radius 3 is 0.667 bits per heavy atom. The van der Waals surface area contributed by atoms with Crippen molar-refractivity contribution in [2.24, 2.45) is 17.3 Å². The molecule has 0 saturated carbocycles. The van der Waals surface area contributed by atoms with Crippen LogP contribution in [-0.2, 0) is 21.7 Å². The van der Waals surface area contributed by atoms with Crippen LogP contribution in [-0.4, -0.2) is 0 Å². The van der Waals surface area contributed by atoms with Crippen LogP contribution in [0.4, 0.5) is 0 Å². The molecule has 0 fully saturated rings. The van der Waals surface area contributed by atoms with Gasteiger partial charge in [0.25, 0.3) is 0 Å². The summed E-state index contributed by atoms with van der Waals surface area (Å²) in [4.78, 5) is 0. The van der Waals surface area contributed by atoms with Gasteiger partial charge < -0.3 is 0 Å². The van der Waals surface area contributed by atoms with Crippen LogP contribution < -0.4 is 21.2 Å². The van der Waals surface area contributed by atoms with E-state index in [1.165, 1.54) is 54.6 Å². The molecule has 0 saturated heterocycles. The monoisotopic (exact) mass is 873 g/mol. The summed E-state index contributed by atoms with van der Waals surface area (Å²) in [5.41, 5.74) is 8.76. The molecule has 332 valence electrons. The third-order valence-corrected chi connectivity index (χ3v) is 19.7. The Balaban J connectivity index is 1.78. The molecule has 0 aliphatic rings. The predicted octanol–water partition coefficient (Wildman–Crippen LogP) is 16.2. The molecular weight excluding hydrogens is 795 g/mol. The summed E-state index contributed by atoms with van der Waals surface area (Å²) >= 11 is 0. The summed E-state index contributed by atoms with van der Waals surface area (Å²) in [5.74, 6) is 0.626. The number of hydrogen-bond donors (Lipinski definition) is 0. The van der Waals surface area contributed by atoms with Gasteiger partial charge in [0.1, 0.15) is 0 Å². The summed E-state index contributed by atoms with van der Waals surface area (Å²) in [7, 11) is -1.91. The maximum Gasteiger partial charge on any atom is 0.0193 e. The van der Waals surface area contributed by atoms with Crippen LogP contribution in [0.5, 0.6) is 0 Å². The maximum absolute atomic E-state index is 2.56. The summed E-state index contributed by atoms with van der Waals surface area (Å²) in [5, 5.41) is 5.78. The minimum atomic E-state index is -0.956. The van der Waals surface area contributed by atoms with Crippen LogP contribution in [0.15, 0.2) is 158 Å². The molecule has 6 aromatic rings. The van der Waals surface area contributed by atoms with E-state index in [0.29, 0.717) is 11.8 Å². The first-order valence-corrected chi connectivity index (χ1v) is 26.4. The van der Waals surface area contributed by atoms with Crippen LogP contribution >= 0.6 is 15.8 Å². The molecular formula is C61H78P2. The van der Waals surface area contributed by atoms with Crippen LogP contribution in [0, 0.1) is 17.3 Å². The van der Waals surface area contributed by atoms with Gasteiger partial charge in [0.2, 0.25) is 0 Å². The van der Waals surface area contributed by atoms with Gasteiger partial charge in [0.15, 0.2) is 0 Å². The molecule has 0 nitrogen and oxygen atoms in total. The van der Waals surface area contributed by atoms with Gasteiger partial charge in [0, 0.05) is 11.3 Å². The lowest BCUT2D eigenvalue weighted by Gasteiger charge is -2.57. The molecule has 0 bridgehead atoms. The van der Waals surface area contributed by atoms with Crippen molar-refractivity contribution in [3.63, 3.8) is 0 Å². The van der Waals surface area contributed by atoms with Crippen molar-refractivity contribution in [2.75, 3.05) is 0 Å². The molecule has 0 aliphatic heterocycles. The molecule has 0 radical (unpaired) electrons. The van der Waals surface area contributed by atoms with Crippen molar-refractivity contribution in [1.82, 2.24) is 0 Å². The lowest BCUT2D eigenvalue weighted by Crippen LogP contribution is -2.47. The summed E-state index contributed by atoms with van der Waals surface area (Å²) in [6, 6.07) is 62.9. The van der Waals surface area contributed by atoms with Crippen LogP contribution in [0.25, 0.3) is 0 Å². The highest BCUT2D eigenvalue weighted by Crippen LogP contribution is 2.74. The SMILES string of the molecule is CC(C)C(C(C)C)(C(c1ccccc1)P(c1ccc(C(C)(C)C)cc1)c1ccc(C(C)(C)C)cc1)C(c1ccccc1)P(c1ccc(C(C)(C)C)cc1)c1ccc(C(C)(C)C)cc1. The van der Waals surface area contributed by atoms with Crippen molar-refractivity contribution in [3.05, 3.63) is 191 Å². The Kier molecular flexibility index (Phi) is 14.6. The summed E-state index contributed by atoms with van der Waals surface area (Å²) in [6.45, 7) is 38.2. The summed E-state index contributed by atoms with van der Waals surface area (Å²) < 4.78 is 0. The van der Waals surface area contributed by atoms with E-state index in [4.69, 9.17) is 0 Å². The van der Waals surface area contributed by atoms with Gasteiger partial charge in [-0.2, -0.15) is 0 Å². The van der Waals surface area contributed by atoms with Gasteiger partial charge in [0.05, 0.1) is 0 Å². The first kappa shape index (κ1) is 48.6. The van der Waals surface area contributed by atoms with E-state index >= 15 is 0 Å².